The highest BCUT2D eigenvalue weighted by molar-refractivity contribution is 7.17. The highest BCUT2D eigenvalue weighted by atomic mass is 32.1. The molecular formula is C13H21N3O2S. The van der Waals surface area contributed by atoms with Gasteiger partial charge < -0.3 is 14.5 Å². The number of thiazole rings is 1. The van der Waals surface area contributed by atoms with E-state index in [1.54, 1.807) is 7.11 Å². The second-order valence-corrected chi connectivity index (χ2v) is 5.84. The predicted molar refractivity (Wildman–Crippen MR) is 77.2 cm³/mol. The van der Waals surface area contributed by atoms with Crippen LogP contribution in [0.15, 0.2) is 0 Å². The topological polar surface area (TPSA) is 45.7 Å². The number of aromatic nitrogens is 1. The Bertz CT molecular complexity index is 416. The fraction of sp³-hybridized carbons (Fsp3) is 0.692. The van der Waals surface area contributed by atoms with Crippen LogP contribution in [0.1, 0.15) is 28.2 Å². The van der Waals surface area contributed by atoms with Crippen LogP contribution in [-0.4, -0.2) is 56.5 Å². The quantitative estimate of drug-likeness (QED) is 0.712. The number of ether oxygens (including phenoxy) is 1. The van der Waals surface area contributed by atoms with Crippen molar-refractivity contribution in [1.29, 1.82) is 0 Å². The van der Waals surface area contributed by atoms with Crippen LogP contribution in [0.2, 0.25) is 0 Å². The van der Waals surface area contributed by atoms with Crippen LogP contribution in [0, 0.1) is 0 Å². The van der Waals surface area contributed by atoms with Gasteiger partial charge in [-0.3, -0.25) is 4.79 Å². The van der Waals surface area contributed by atoms with Crippen LogP contribution in [0.3, 0.4) is 0 Å². The van der Waals surface area contributed by atoms with Crippen molar-refractivity contribution in [3.8, 4) is 0 Å². The van der Waals surface area contributed by atoms with Crippen LogP contribution >= 0.6 is 11.3 Å². The fourth-order valence-electron chi connectivity index (χ4n) is 2.24. The summed E-state index contributed by atoms with van der Waals surface area (Å²) >= 11 is 1.44. The number of hydrogen-bond acceptors (Lipinski definition) is 6. The fourth-order valence-corrected chi connectivity index (χ4v) is 3.11. The maximum atomic E-state index is 11.0. The summed E-state index contributed by atoms with van der Waals surface area (Å²) in [6, 6.07) is 0. The van der Waals surface area contributed by atoms with Gasteiger partial charge >= 0.3 is 0 Å². The predicted octanol–water partition coefficient (Wildman–Crippen LogP) is 1.63. The second kappa shape index (κ2) is 6.98. The SMILES string of the molecule is COCc1nc(N(C)CCN2CCCC2)sc1C=O. The molecule has 19 heavy (non-hydrogen) atoms. The third-order valence-electron chi connectivity index (χ3n) is 3.38. The Kier molecular flexibility index (Phi) is 5.30. The van der Waals surface area contributed by atoms with Crippen molar-refractivity contribution in [2.45, 2.75) is 19.4 Å². The van der Waals surface area contributed by atoms with E-state index in [9.17, 15) is 4.79 Å². The molecule has 1 aromatic heterocycles. The lowest BCUT2D eigenvalue weighted by atomic mass is 10.4. The minimum absolute atomic E-state index is 0.393. The molecule has 0 unspecified atom stereocenters. The van der Waals surface area contributed by atoms with E-state index in [1.165, 1.54) is 37.3 Å². The summed E-state index contributed by atoms with van der Waals surface area (Å²) in [5, 5.41) is 0.897. The first-order chi connectivity index (χ1) is 9.24. The van der Waals surface area contributed by atoms with Crippen molar-refractivity contribution in [2.75, 3.05) is 45.2 Å². The van der Waals surface area contributed by atoms with E-state index >= 15 is 0 Å². The molecule has 1 fully saturated rings. The van der Waals surface area contributed by atoms with Gasteiger partial charge in [-0.2, -0.15) is 0 Å². The summed E-state index contributed by atoms with van der Waals surface area (Å²) < 4.78 is 5.06. The van der Waals surface area contributed by atoms with Gasteiger partial charge in [-0.25, -0.2) is 4.98 Å². The molecular weight excluding hydrogens is 262 g/mol. The molecule has 0 atom stereocenters. The van der Waals surface area contributed by atoms with Crippen LogP contribution in [0.5, 0.6) is 0 Å². The number of carbonyl (C=O) groups is 1. The molecule has 0 saturated carbocycles. The van der Waals surface area contributed by atoms with Crippen LogP contribution in [0.4, 0.5) is 5.13 Å². The Morgan fingerprint density at radius 3 is 2.84 bits per heavy atom. The third kappa shape index (κ3) is 3.75. The molecule has 0 aliphatic carbocycles. The van der Waals surface area contributed by atoms with E-state index < -0.39 is 0 Å². The summed E-state index contributed by atoms with van der Waals surface area (Å²) in [5.74, 6) is 0. The number of anilines is 1. The van der Waals surface area contributed by atoms with E-state index in [-0.39, 0.29) is 0 Å². The number of methoxy groups -OCH3 is 1. The summed E-state index contributed by atoms with van der Waals surface area (Å²) in [6.45, 7) is 4.81. The van der Waals surface area contributed by atoms with Gasteiger partial charge in [0, 0.05) is 27.2 Å². The summed E-state index contributed by atoms with van der Waals surface area (Å²) in [7, 11) is 3.64. The van der Waals surface area contributed by atoms with Crippen molar-refractivity contribution in [3.05, 3.63) is 10.6 Å². The molecule has 2 heterocycles. The molecule has 6 heteroatoms. The molecule has 0 radical (unpaired) electrons. The van der Waals surface area contributed by atoms with Gasteiger partial charge in [-0.15, -0.1) is 0 Å². The Labute approximate surface area is 118 Å². The molecule has 106 valence electrons. The van der Waals surface area contributed by atoms with Crippen molar-refractivity contribution in [1.82, 2.24) is 9.88 Å². The van der Waals surface area contributed by atoms with Gasteiger partial charge in [0.2, 0.25) is 0 Å². The van der Waals surface area contributed by atoms with Crippen LogP contribution < -0.4 is 4.90 Å². The van der Waals surface area contributed by atoms with Crippen molar-refractivity contribution >= 4 is 22.8 Å². The zero-order valence-corrected chi connectivity index (χ0v) is 12.4. The Hall–Kier alpha value is -0.980. The normalized spacial score (nSPS) is 15.9. The Balaban J connectivity index is 1.93. The van der Waals surface area contributed by atoms with Gasteiger partial charge in [0.1, 0.15) is 0 Å². The first-order valence-corrected chi connectivity index (χ1v) is 7.43. The van der Waals surface area contributed by atoms with Gasteiger partial charge in [0.25, 0.3) is 0 Å². The summed E-state index contributed by atoms with van der Waals surface area (Å²) in [4.78, 5) is 20.7. The number of hydrogen-bond donors (Lipinski definition) is 0. The van der Waals surface area contributed by atoms with Crippen LogP contribution in [0.25, 0.3) is 0 Å². The highest BCUT2D eigenvalue weighted by Crippen LogP contribution is 2.24. The highest BCUT2D eigenvalue weighted by Gasteiger charge is 2.15. The molecule has 0 amide bonds. The van der Waals surface area contributed by atoms with Crippen LogP contribution in [-0.2, 0) is 11.3 Å². The number of carbonyl (C=O) groups excluding carboxylic acids is 1. The molecule has 1 aromatic rings. The smallest absolute Gasteiger partial charge is 0.186 e. The Morgan fingerprint density at radius 2 is 2.21 bits per heavy atom. The number of nitrogens with zero attached hydrogens (tertiary/aromatic N) is 3. The van der Waals surface area contributed by atoms with Crippen molar-refractivity contribution in [2.24, 2.45) is 0 Å². The monoisotopic (exact) mass is 283 g/mol. The van der Waals surface area contributed by atoms with E-state index in [0.29, 0.717) is 11.5 Å². The van der Waals surface area contributed by atoms with E-state index in [2.05, 4.69) is 14.8 Å². The Morgan fingerprint density at radius 1 is 1.47 bits per heavy atom. The first kappa shape index (κ1) is 14.4. The van der Waals surface area contributed by atoms with Gasteiger partial charge in [-0.05, 0) is 25.9 Å². The molecule has 0 bridgehead atoms. The van der Waals surface area contributed by atoms with Crippen molar-refractivity contribution in [3.63, 3.8) is 0 Å². The third-order valence-corrected chi connectivity index (χ3v) is 4.52. The van der Waals surface area contributed by atoms with Crippen molar-refractivity contribution < 1.29 is 9.53 Å². The molecule has 1 aliphatic heterocycles. The van der Waals surface area contributed by atoms with Gasteiger partial charge in [-0.1, -0.05) is 11.3 Å². The molecule has 0 spiro atoms. The lowest BCUT2D eigenvalue weighted by molar-refractivity contribution is 0.112. The summed E-state index contributed by atoms with van der Waals surface area (Å²) in [5.41, 5.74) is 0.741. The van der Waals surface area contributed by atoms with Gasteiger partial charge in [0.05, 0.1) is 17.2 Å². The van der Waals surface area contributed by atoms with E-state index in [0.717, 1.165) is 30.2 Å². The average molecular weight is 283 g/mol. The molecule has 1 aliphatic rings. The zero-order chi connectivity index (χ0) is 13.7. The number of aldehydes is 1. The molecule has 1 saturated heterocycles. The molecule has 0 N–H and O–H groups in total. The molecule has 0 aromatic carbocycles. The van der Waals surface area contributed by atoms with Gasteiger partial charge in [0.15, 0.2) is 11.4 Å². The summed E-state index contributed by atoms with van der Waals surface area (Å²) in [6.07, 6.45) is 3.49. The largest absolute Gasteiger partial charge is 0.378 e. The minimum Gasteiger partial charge on any atom is -0.378 e. The maximum Gasteiger partial charge on any atom is 0.186 e. The maximum absolute atomic E-state index is 11.0. The number of likely N-dealkylation sites (N-methyl/N-ethyl adjacent to an activating group) is 1. The minimum atomic E-state index is 0.393. The lowest BCUT2D eigenvalue weighted by Crippen LogP contribution is -2.31. The number of rotatable bonds is 7. The number of likely N-dealkylation sites (tertiary alicyclic amines) is 1. The average Bonchev–Trinajstić information content (AvgIpc) is 3.05. The second-order valence-electron chi connectivity index (χ2n) is 4.83. The van der Waals surface area contributed by atoms with E-state index in [4.69, 9.17) is 4.74 Å². The van der Waals surface area contributed by atoms with E-state index in [1.807, 2.05) is 7.05 Å². The lowest BCUT2D eigenvalue weighted by Gasteiger charge is -2.20. The molecule has 5 nitrogen and oxygen atoms in total. The molecule has 2 rings (SSSR count). The first-order valence-electron chi connectivity index (χ1n) is 6.62. The standard InChI is InChI=1S/C13H21N3O2S/c1-15(7-8-16-5-3-4-6-16)13-14-11(10-18-2)12(9-17)19-13/h9H,3-8,10H2,1-2H3. The zero-order valence-electron chi connectivity index (χ0n) is 11.6.